The van der Waals surface area contributed by atoms with Crippen LogP contribution in [-0.2, 0) is 11.2 Å². The number of benzene rings is 1. The molecule has 0 aliphatic heterocycles. The minimum atomic E-state index is -0.152. The van der Waals surface area contributed by atoms with Crippen LogP contribution in [0.5, 0.6) is 0 Å². The van der Waals surface area contributed by atoms with Crippen LogP contribution in [0.1, 0.15) is 17.8 Å². The smallest absolute Gasteiger partial charge is 0.240 e. The quantitative estimate of drug-likeness (QED) is 0.558. The molecule has 0 saturated heterocycles. The standard InChI is InChI=1S/C16H15N5O/c22-16(21-18-11-12-4-3-9-17-10-12)8-7-15-19-13-5-1-2-6-14(13)20-15/h1-6,9-11H,7-8H2,(H,19,20)(H,21,22)/b18-11-. The van der Waals surface area contributed by atoms with Crippen molar-refractivity contribution in [1.29, 1.82) is 0 Å². The van der Waals surface area contributed by atoms with Crippen molar-refractivity contribution >= 4 is 23.2 Å². The van der Waals surface area contributed by atoms with Crippen molar-refractivity contribution in [1.82, 2.24) is 20.4 Å². The molecule has 3 aromatic rings. The zero-order valence-electron chi connectivity index (χ0n) is 11.9. The van der Waals surface area contributed by atoms with Crippen LogP contribution in [0, 0.1) is 0 Å². The molecule has 0 radical (unpaired) electrons. The van der Waals surface area contributed by atoms with Crippen molar-refractivity contribution in [2.75, 3.05) is 0 Å². The van der Waals surface area contributed by atoms with Gasteiger partial charge in [0.1, 0.15) is 5.82 Å². The molecule has 6 heteroatoms. The molecule has 0 unspecified atom stereocenters. The van der Waals surface area contributed by atoms with E-state index in [0.717, 1.165) is 22.4 Å². The van der Waals surface area contributed by atoms with Gasteiger partial charge in [-0.05, 0) is 18.2 Å². The number of amides is 1. The third kappa shape index (κ3) is 3.54. The number of pyridine rings is 1. The lowest BCUT2D eigenvalue weighted by Crippen LogP contribution is -2.18. The topological polar surface area (TPSA) is 83.0 Å². The van der Waals surface area contributed by atoms with Gasteiger partial charge in [0.2, 0.25) is 5.91 Å². The van der Waals surface area contributed by atoms with Crippen LogP contribution in [0.15, 0.2) is 53.9 Å². The molecule has 2 heterocycles. The highest BCUT2D eigenvalue weighted by Crippen LogP contribution is 2.11. The Morgan fingerprint density at radius 3 is 3.00 bits per heavy atom. The molecular weight excluding hydrogens is 278 g/mol. The average molecular weight is 293 g/mol. The van der Waals surface area contributed by atoms with E-state index in [2.05, 4.69) is 25.5 Å². The summed E-state index contributed by atoms with van der Waals surface area (Å²) >= 11 is 0. The van der Waals surface area contributed by atoms with Gasteiger partial charge in [0.05, 0.1) is 17.2 Å². The fraction of sp³-hybridized carbons (Fsp3) is 0.125. The molecule has 110 valence electrons. The number of aromatic nitrogens is 3. The summed E-state index contributed by atoms with van der Waals surface area (Å²) in [6.07, 6.45) is 5.78. The lowest BCUT2D eigenvalue weighted by Gasteiger charge is -1.98. The lowest BCUT2D eigenvalue weighted by atomic mass is 10.3. The van der Waals surface area contributed by atoms with Crippen molar-refractivity contribution < 1.29 is 4.79 Å². The maximum absolute atomic E-state index is 11.7. The van der Waals surface area contributed by atoms with Crippen LogP contribution in [0.25, 0.3) is 11.0 Å². The molecule has 6 nitrogen and oxygen atoms in total. The van der Waals surface area contributed by atoms with Crippen molar-refractivity contribution in [3.8, 4) is 0 Å². The van der Waals surface area contributed by atoms with E-state index in [1.807, 2.05) is 36.4 Å². The van der Waals surface area contributed by atoms with E-state index in [9.17, 15) is 4.79 Å². The van der Waals surface area contributed by atoms with Gasteiger partial charge in [-0.2, -0.15) is 5.10 Å². The maximum atomic E-state index is 11.7. The molecule has 22 heavy (non-hydrogen) atoms. The van der Waals surface area contributed by atoms with E-state index < -0.39 is 0 Å². The van der Waals surface area contributed by atoms with Gasteiger partial charge >= 0.3 is 0 Å². The number of fused-ring (bicyclic) bond motifs is 1. The summed E-state index contributed by atoms with van der Waals surface area (Å²) < 4.78 is 0. The normalized spacial score (nSPS) is 11.1. The summed E-state index contributed by atoms with van der Waals surface area (Å²) in [6, 6.07) is 11.5. The first kappa shape index (κ1) is 13.9. The number of carbonyl (C=O) groups is 1. The van der Waals surface area contributed by atoms with Crippen molar-refractivity contribution in [2.24, 2.45) is 5.10 Å². The molecule has 0 fully saturated rings. The van der Waals surface area contributed by atoms with Crippen LogP contribution in [0.4, 0.5) is 0 Å². The van der Waals surface area contributed by atoms with Gasteiger partial charge in [0, 0.05) is 30.8 Å². The number of H-pyrrole nitrogens is 1. The predicted molar refractivity (Wildman–Crippen MR) is 84.4 cm³/mol. The average Bonchev–Trinajstić information content (AvgIpc) is 2.97. The third-order valence-corrected chi connectivity index (χ3v) is 3.11. The molecule has 0 spiro atoms. The summed E-state index contributed by atoms with van der Waals surface area (Å²) in [6.45, 7) is 0. The number of nitrogens with one attached hydrogen (secondary N) is 2. The van der Waals surface area contributed by atoms with E-state index in [4.69, 9.17) is 0 Å². The highest BCUT2D eigenvalue weighted by atomic mass is 16.2. The number of nitrogens with zero attached hydrogens (tertiary/aromatic N) is 3. The SMILES string of the molecule is O=C(CCc1nc2ccccc2[nH]1)N/N=C\c1cccnc1. The second kappa shape index (κ2) is 6.62. The van der Waals surface area contributed by atoms with E-state index in [-0.39, 0.29) is 5.91 Å². The van der Waals surface area contributed by atoms with Gasteiger partial charge in [0.25, 0.3) is 0 Å². The van der Waals surface area contributed by atoms with Crippen molar-refractivity contribution in [3.05, 3.63) is 60.2 Å². The van der Waals surface area contributed by atoms with Gasteiger partial charge < -0.3 is 4.98 Å². The Labute approximate surface area is 127 Å². The van der Waals surface area contributed by atoms with E-state index in [1.165, 1.54) is 0 Å². The number of hydrogen-bond acceptors (Lipinski definition) is 4. The summed E-state index contributed by atoms with van der Waals surface area (Å²) in [4.78, 5) is 23.3. The lowest BCUT2D eigenvalue weighted by molar-refractivity contribution is -0.121. The van der Waals surface area contributed by atoms with Crippen LogP contribution in [0.3, 0.4) is 0 Å². The Morgan fingerprint density at radius 1 is 1.27 bits per heavy atom. The Kier molecular flexibility index (Phi) is 4.20. The largest absolute Gasteiger partial charge is 0.342 e. The first-order valence-corrected chi connectivity index (χ1v) is 6.97. The molecule has 1 aromatic carbocycles. The van der Waals surface area contributed by atoms with Gasteiger partial charge in [-0.25, -0.2) is 10.4 Å². The van der Waals surface area contributed by atoms with Gasteiger partial charge in [-0.15, -0.1) is 0 Å². The fourth-order valence-electron chi connectivity index (χ4n) is 2.04. The number of aromatic amines is 1. The maximum Gasteiger partial charge on any atom is 0.240 e. The number of carbonyl (C=O) groups excluding carboxylic acids is 1. The second-order valence-electron chi connectivity index (χ2n) is 4.78. The highest BCUT2D eigenvalue weighted by molar-refractivity contribution is 5.82. The number of hydrazone groups is 1. The zero-order chi connectivity index (χ0) is 15.2. The number of imidazole rings is 1. The summed E-state index contributed by atoms with van der Waals surface area (Å²) in [5.41, 5.74) is 5.22. The molecule has 2 N–H and O–H groups in total. The Bertz CT molecular complexity index is 761. The molecule has 0 atom stereocenters. The number of rotatable bonds is 5. The van der Waals surface area contributed by atoms with Crippen molar-refractivity contribution in [3.63, 3.8) is 0 Å². The molecular formula is C16H15N5O. The molecule has 2 aromatic heterocycles. The molecule has 0 saturated carbocycles. The highest BCUT2D eigenvalue weighted by Gasteiger charge is 2.05. The molecule has 1 amide bonds. The Morgan fingerprint density at radius 2 is 2.18 bits per heavy atom. The van der Waals surface area contributed by atoms with Crippen molar-refractivity contribution in [2.45, 2.75) is 12.8 Å². The summed E-state index contributed by atoms with van der Waals surface area (Å²) in [7, 11) is 0. The summed E-state index contributed by atoms with van der Waals surface area (Å²) in [5, 5.41) is 3.90. The first-order chi connectivity index (χ1) is 10.8. The molecule has 3 rings (SSSR count). The van der Waals surface area contributed by atoms with Crippen LogP contribution >= 0.6 is 0 Å². The van der Waals surface area contributed by atoms with E-state index >= 15 is 0 Å². The number of hydrogen-bond donors (Lipinski definition) is 2. The summed E-state index contributed by atoms with van der Waals surface area (Å²) in [5.74, 6) is 0.646. The van der Waals surface area contributed by atoms with E-state index in [1.54, 1.807) is 18.6 Å². The minimum absolute atomic E-state index is 0.152. The Hall–Kier alpha value is -3.02. The Balaban J connectivity index is 1.51. The fourth-order valence-corrected chi connectivity index (χ4v) is 2.04. The van der Waals surface area contributed by atoms with Crippen LogP contribution in [0.2, 0.25) is 0 Å². The second-order valence-corrected chi connectivity index (χ2v) is 4.78. The van der Waals surface area contributed by atoms with Crippen LogP contribution in [-0.4, -0.2) is 27.1 Å². The number of para-hydroxylation sites is 2. The molecule has 0 aliphatic carbocycles. The van der Waals surface area contributed by atoms with Gasteiger partial charge in [0.15, 0.2) is 0 Å². The van der Waals surface area contributed by atoms with Gasteiger partial charge in [-0.3, -0.25) is 9.78 Å². The van der Waals surface area contributed by atoms with Crippen LogP contribution < -0.4 is 5.43 Å². The predicted octanol–water partition coefficient (Wildman–Crippen LogP) is 2.04. The molecule has 0 aliphatic rings. The third-order valence-electron chi connectivity index (χ3n) is 3.11. The monoisotopic (exact) mass is 293 g/mol. The van der Waals surface area contributed by atoms with Gasteiger partial charge in [-0.1, -0.05) is 18.2 Å². The number of aryl methyl sites for hydroxylation is 1. The zero-order valence-corrected chi connectivity index (χ0v) is 11.9. The minimum Gasteiger partial charge on any atom is -0.342 e. The first-order valence-electron chi connectivity index (χ1n) is 6.97. The molecule has 0 bridgehead atoms. The van der Waals surface area contributed by atoms with E-state index in [0.29, 0.717) is 12.8 Å².